The number of rotatable bonds is 4. The molecule has 0 aromatic heterocycles. The molecule has 1 rings (SSSR count). The molecule has 0 fully saturated rings. The van der Waals surface area contributed by atoms with Crippen molar-refractivity contribution in [3.8, 4) is 0 Å². The van der Waals surface area contributed by atoms with Gasteiger partial charge in [-0.2, -0.15) is 0 Å². The van der Waals surface area contributed by atoms with Crippen LogP contribution in [0.4, 0.5) is 5.69 Å². The van der Waals surface area contributed by atoms with Crippen molar-refractivity contribution in [3.05, 3.63) is 27.7 Å². The maximum atomic E-state index is 9.35. The Bertz CT molecular complexity index is 306. The molecule has 0 radical (unpaired) electrons. The summed E-state index contributed by atoms with van der Waals surface area (Å²) in [4.78, 5) is 0. The highest BCUT2D eigenvalue weighted by Crippen LogP contribution is 2.25. The van der Waals surface area contributed by atoms with Crippen molar-refractivity contribution in [1.29, 1.82) is 0 Å². The van der Waals surface area contributed by atoms with Gasteiger partial charge in [0.2, 0.25) is 0 Å². The lowest BCUT2D eigenvalue weighted by molar-refractivity contribution is 0.183. The van der Waals surface area contributed by atoms with E-state index < -0.39 is 0 Å². The van der Waals surface area contributed by atoms with Crippen LogP contribution in [0.1, 0.15) is 13.3 Å². The zero-order valence-corrected chi connectivity index (χ0v) is 10.3. The Kier molecular flexibility index (Phi) is 4.72. The van der Waals surface area contributed by atoms with Gasteiger partial charge in [0.25, 0.3) is 0 Å². The normalized spacial score (nSPS) is 12.6. The van der Waals surface area contributed by atoms with Crippen LogP contribution in [0.5, 0.6) is 0 Å². The molecule has 0 aliphatic rings. The van der Waals surface area contributed by atoms with Crippen LogP contribution in [0.15, 0.2) is 22.7 Å². The number of aliphatic hydroxyl groups is 1. The van der Waals surface area contributed by atoms with Crippen LogP contribution in [-0.4, -0.2) is 17.8 Å². The Morgan fingerprint density at radius 1 is 1.57 bits per heavy atom. The van der Waals surface area contributed by atoms with Gasteiger partial charge in [0.15, 0.2) is 0 Å². The molecule has 0 aliphatic heterocycles. The van der Waals surface area contributed by atoms with E-state index in [1.807, 2.05) is 25.1 Å². The average Bonchev–Trinajstić information content (AvgIpc) is 2.16. The van der Waals surface area contributed by atoms with Crippen molar-refractivity contribution in [2.24, 2.45) is 0 Å². The topological polar surface area (TPSA) is 32.3 Å². The highest BCUT2D eigenvalue weighted by Gasteiger charge is 2.03. The molecular formula is C10H13BrClNO. The molecule has 1 atom stereocenters. The van der Waals surface area contributed by atoms with E-state index in [9.17, 15) is 5.11 Å². The van der Waals surface area contributed by atoms with Crippen LogP contribution in [0, 0.1) is 0 Å². The summed E-state index contributed by atoms with van der Waals surface area (Å²) in [6.45, 7) is 2.47. The Balaban J connectivity index is 2.59. The van der Waals surface area contributed by atoms with E-state index in [0.717, 1.165) is 16.6 Å². The van der Waals surface area contributed by atoms with Gasteiger partial charge < -0.3 is 10.4 Å². The number of aliphatic hydroxyl groups excluding tert-OH is 1. The second-order valence-electron chi connectivity index (χ2n) is 3.07. The van der Waals surface area contributed by atoms with E-state index >= 15 is 0 Å². The number of anilines is 1. The molecule has 1 aromatic carbocycles. The highest BCUT2D eigenvalue weighted by atomic mass is 79.9. The van der Waals surface area contributed by atoms with E-state index in [4.69, 9.17) is 11.6 Å². The zero-order valence-electron chi connectivity index (χ0n) is 7.93. The highest BCUT2D eigenvalue weighted by molar-refractivity contribution is 9.10. The molecule has 1 unspecified atom stereocenters. The van der Waals surface area contributed by atoms with E-state index in [2.05, 4.69) is 21.2 Å². The van der Waals surface area contributed by atoms with Gasteiger partial charge in [-0.25, -0.2) is 0 Å². The first-order valence-corrected chi connectivity index (χ1v) is 5.67. The molecule has 4 heteroatoms. The summed E-state index contributed by atoms with van der Waals surface area (Å²) in [5, 5.41) is 13.1. The van der Waals surface area contributed by atoms with Crippen LogP contribution in [0.3, 0.4) is 0 Å². The molecule has 0 saturated carbocycles. The number of nitrogens with one attached hydrogen (secondary N) is 1. The van der Waals surface area contributed by atoms with Gasteiger partial charge in [0, 0.05) is 11.0 Å². The van der Waals surface area contributed by atoms with Crippen molar-refractivity contribution >= 4 is 33.2 Å². The largest absolute Gasteiger partial charge is 0.391 e. The smallest absolute Gasteiger partial charge is 0.0709 e. The summed E-state index contributed by atoms with van der Waals surface area (Å²) in [5.41, 5.74) is 0.849. The molecule has 0 bridgehead atoms. The van der Waals surface area contributed by atoms with Crippen molar-refractivity contribution in [2.75, 3.05) is 11.9 Å². The van der Waals surface area contributed by atoms with Crippen molar-refractivity contribution in [3.63, 3.8) is 0 Å². The molecule has 2 N–H and O–H groups in total. The summed E-state index contributed by atoms with van der Waals surface area (Å²) in [7, 11) is 0. The van der Waals surface area contributed by atoms with Gasteiger partial charge in [-0.3, -0.25) is 0 Å². The molecule has 0 heterocycles. The standard InChI is InChI=1S/C10H13BrClNO/c1-2-8(14)6-13-10-4-3-7(11)5-9(10)12/h3-5,8,13-14H,2,6H2,1H3. The van der Waals surface area contributed by atoms with Gasteiger partial charge >= 0.3 is 0 Å². The average molecular weight is 279 g/mol. The SMILES string of the molecule is CCC(O)CNc1ccc(Br)cc1Cl. The second-order valence-corrected chi connectivity index (χ2v) is 4.39. The Hall–Kier alpha value is -0.250. The third-order valence-corrected chi connectivity index (χ3v) is 2.74. The lowest BCUT2D eigenvalue weighted by Gasteiger charge is -2.11. The first-order chi connectivity index (χ1) is 6.63. The predicted molar refractivity (Wildman–Crippen MR) is 63.9 cm³/mol. The predicted octanol–water partition coefficient (Wildman–Crippen LogP) is 3.29. The number of hydrogen-bond acceptors (Lipinski definition) is 2. The summed E-state index contributed by atoms with van der Waals surface area (Å²) in [5.74, 6) is 0. The zero-order chi connectivity index (χ0) is 10.6. The molecule has 1 aromatic rings. The summed E-state index contributed by atoms with van der Waals surface area (Å²) in [6.07, 6.45) is 0.413. The first-order valence-electron chi connectivity index (χ1n) is 4.50. The van der Waals surface area contributed by atoms with E-state index in [1.54, 1.807) is 0 Å². The molecule has 0 saturated heterocycles. The summed E-state index contributed by atoms with van der Waals surface area (Å²) in [6, 6.07) is 5.61. The minimum atomic E-state index is -0.324. The van der Waals surface area contributed by atoms with Crippen LogP contribution in [0.25, 0.3) is 0 Å². The summed E-state index contributed by atoms with van der Waals surface area (Å²) >= 11 is 9.31. The fraction of sp³-hybridized carbons (Fsp3) is 0.400. The van der Waals surface area contributed by atoms with Gasteiger partial charge in [0.05, 0.1) is 16.8 Å². The fourth-order valence-electron chi connectivity index (χ4n) is 1.00. The first kappa shape index (κ1) is 11.8. The Morgan fingerprint density at radius 3 is 2.86 bits per heavy atom. The minimum Gasteiger partial charge on any atom is -0.391 e. The Morgan fingerprint density at radius 2 is 2.29 bits per heavy atom. The van der Waals surface area contributed by atoms with Crippen LogP contribution in [-0.2, 0) is 0 Å². The third kappa shape index (κ3) is 3.48. The quantitative estimate of drug-likeness (QED) is 0.886. The van der Waals surface area contributed by atoms with Crippen molar-refractivity contribution < 1.29 is 5.11 Å². The molecule has 78 valence electrons. The van der Waals surface area contributed by atoms with Gasteiger partial charge in [-0.05, 0) is 24.6 Å². The van der Waals surface area contributed by atoms with Gasteiger partial charge in [-0.1, -0.05) is 34.5 Å². The fourth-order valence-corrected chi connectivity index (χ4v) is 1.75. The van der Waals surface area contributed by atoms with Crippen molar-refractivity contribution in [2.45, 2.75) is 19.4 Å². The van der Waals surface area contributed by atoms with Crippen LogP contribution in [0.2, 0.25) is 5.02 Å². The van der Waals surface area contributed by atoms with Gasteiger partial charge in [0.1, 0.15) is 0 Å². The molecule has 14 heavy (non-hydrogen) atoms. The number of halogens is 2. The van der Waals surface area contributed by atoms with Crippen LogP contribution < -0.4 is 5.32 Å². The maximum absolute atomic E-state index is 9.35. The van der Waals surface area contributed by atoms with Crippen molar-refractivity contribution in [1.82, 2.24) is 0 Å². The second kappa shape index (κ2) is 5.59. The molecule has 0 amide bonds. The van der Waals surface area contributed by atoms with E-state index in [0.29, 0.717) is 11.6 Å². The molecule has 0 spiro atoms. The minimum absolute atomic E-state index is 0.324. The summed E-state index contributed by atoms with van der Waals surface area (Å²) < 4.78 is 0.948. The van der Waals surface area contributed by atoms with E-state index in [-0.39, 0.29) is 6.10 Å². The lowest BCUT2D eigenvalue weighted by atomic mass is 10.2. The number of hydrogen-bond donors (Lipinski definition) is 2. The Labute approximate surface area is 97.4 Å². The monoisotopic (exact) mass is 277 g/mol. The van der Waals surface area contributed by atoms with Crippen LogP contribution >= 0.6 is 27.5 Å². The third-order valence-electron chi connectivity index (χ3n) is 1.93. The molecular weight excluding hydrogens is 265 g/mol. The van der Waals surface area contributed by atoms with E-state index in [1.165, 1.54) is 0 Å². The molecule has 2 nitrogen and oxygen atoms in total. The number of benzene rings is 1. The maximum Gasteiger partial charge on any atom is 0.0709 e. The lowest BCUT2D eigenvalue weighted by Crippen LogP contribution is -2.18. The van der Waals surface area contributed by atoms with Gasteiger partial charge in [-0.15, -0.1) is 0 Å². The molecule has 0 aliphatic carbocycles.